The number of aryl methyl sites for hydroxylation is 2. The number of rotatable bonds is 7. The molecule has 1 saturated heterocycles. The summed E-state index contributed by atoms with van der Waals surface area (Å²) < 4.78 is 5.36. The molecule has 1 aromatic rings. The minimum absolute atomic E-state index is 0.150. The van der Waals surface area contributed by atoms with Crippen LogP contribution >= 0.6 is 0 Å². The van der Waals surface area contributed by atoms with Gasteiger partial charge in [0, 0.05) is 32.8 Å². The standard InChI is InChI=1S/C21H28N2O3/c1-4-26-13-7-12-23-20(24)18(17-9-8-15(2)14-16(17)3)19(21(23)25)22-10-5-6-11-22/h8-9,14H,4-7,10-13H2,1-3H3. The number of amides is 2. The Hall–Kier alpha value is -2.14. The number of carbonyl (C=O) groups excluding carboxylic acids is 2. The fourth-order valence-corrected chi connectivity index (χ4v) is 3.81. The maximum atomic E-state index is 13.2. The topological polar surface area (TPSA) is 49.9 Å². The van der Waals surface area contributed by atoms with Crippen LogP contribution in [0.5, 0.6) is 0 Å². The first-order valence-electron chi connectivity index (χ1n) is 9.55. The van der Waals surface area contributed by atoms with E-state index in [1.807, 2.05) is 32.9 Å². The van der Waals surface area contributed by atoms with Crippen LogP contribution in [0.3, 0.4) is 0 Å². The van der Waals surface area contributed by atoms with Crippen LogP contribution in [0.1, 0.15) is 42.9 Å². The number of hydrogen-bond donors (Lipinski definition) is 0. The first-order chi connectivity index (χ1) is 12.5. The summed E-state index contributed by atoms with van der Waals surface area (Å²) >= 11 is 0. The van der Waals surface area contributed by atoms with Gasteiger partial charge in [0.15, 0.2) is 0 Å². The Morgan fingerprint density at radius 2 is 1.81 bits per heavy atom. The molecule has 2 amide bonds. The van der Waals surface area contributed by atoms with E-state index in [0.717, 1.165) is 42.6 Å². The van der Waals surface area contributed by atoms with Gasteiger partial charge in [-0.2, -0.15) is 0 Å². The van der Waals surface area contributed by atoms with Gasteiger partial charge in [0.05, 0.1) is 5.57 Å². The lowest BCUT2D eigenvalue weighted by atomic mass is 9.97. The normalized spacial score (nSPS) is 17.8. The van der Waals surface area contributed by atoms with Gasteiger partial charge < -0.3 is 9.64 Å². The molecule has 5 heteroatoms. The maximum Gasteiger partial charge on any atom is 0.277 e. The zero-order chi connectivity index (χ0) is 18.7. The van der Waals surface area contributed by atoms with E-state index in [9.17, 15) is 9.59 Å². The largest absolute Gasteiger partial charge is 0.382 e. The van der Waals surface area contributed by atoms with Gasteiger partial charge in [-0.05, 0) is 51.2 Å². The molecule has 140 valence electrons. The minimum Gasteiger partial charge on any atom is -0.382 e. The molecular weight excluding hydrogens is 328 g/mol. The SMILES string of the molecule is CCOCCCN1C(=O)C(c2ccc(C)cc2C)=C(N2CCCC2)C1=O. The summed E-state index contributed by atoms with van der Waals surface area (Å²) in [6.45, 7) is 9.28. The molecule has 0 atom stereocenters. The molecule has 0 aliphatic carbocycles. The van der Waals surface area contributed by atoms with Crippen LogP contribution in [0.15, 0.2) is 23.9 Å². The Labute approximate surface area is 155 Å². The van der Waals surface area contributed by atoms with E-state index in [1.165, 1.54) is 4.90 Å². The van der Waals surface area contributed by atoms with Gasteiger partial charge in [0.2, 0.25) is 0 Å². The minimum atomic E-state index is -0.166. The van der Waals surface area contributed by atoms with Crippen LogP contribution in [-0.2, 0) is 14.3 Å². The summed E-state index contributed by atoms with van der Waals surface area (Å²) in [6, 6.07) is 6.05. The zero-order valence-electron chi connectivity index (χ0n) is 16.0. The monoisotopic (exact) mass is 356 g/mol. The van der Waals surface area contributed by atoms with E-state index in [0.29, 0.717) is 37.4 Å². The highest BCUT2D eigenvalue weighted by Crippen LogP contribution is 2.35. The highest BCUT2D eigenvalue weighted by Gasteiger charge is 2.42. The molecule has 0 spiro atoms. The fraction of sp³-hybridized carbons (Fsp3) is 0.524. The summed E-state index contributed by atoms with van der Waals surface area (Å²) in [7, 11) is 0. The molecule has 5 nitrogen and oxygen atoms in total. The average Bonchev–Trinajstić information content (AvgIpc) is 3.20. The first kappa shape index (κ1) is 18.6. The van der Waals surface area contributed by atoms with Crippen LogP contribution in [0, 0.1) is 13.8 Å². The van der Waals surface area contributed by atoms with Crippen molar-refractivity contribution < 1.29 is 14.3 Å². The van der Waals surface area contributed by atoms with Crippen LogP contribution in [0.4, 0.5) is 0 Å². The number of ether oxygens (including phenoxy) is 1. The molecule has 26 heavy (non-hydrogen) atoms. The Kier molecular flexibility index (Phi) is 5.77. The van der Waals surface area contributed by atoms with Gasteiger partial charge in [-0.25, -0.2) is 0 Å². The van der Waals surface area contributed by atoms with Crippen LogP contribution in [0.25, 0.3) is 5.57 Å². The Balaban J connectivity index is 1.95. The zero-order valence-corrected chi connectivity index (χ0v) is 16.0. The molecular formula is C21H28N2O3. The van der Waals surface area contributed by atoms with Crippen LogP contribution in [-0.4, -0.2) is 54.5 Å². The van der Waals surface area contributed by atoms with Crippen LogP contribution < -0.4 is 0 Å². The number of likely N-dealkylation sites (tertiary alicyclic amines) is 1. The number of hydrogen-bond acceptors (Lipinski definition) is 4. The molecule has 0 N–H and O–H groups in total. The van der Waals surface area contributed by atoms with E-state index in [-0.39, 0.29) is 11.8 Å². The second kappa shape index (κ2) is 8.04. The van der Waals surface area contributed by atoms with Crippen molar-refractivity contribution in [1.82, 2.24) is 9.80 Å². The quantitative estimate of drug-likeness (QED) is 0.557. The first-order valence-corrected chi connectivity index (χ1v) is 9.55. The van der Waals surface area contributed by atoms with Gasteiger partial charge in [-0.1, -0.05) is 23.8 Å². The van der Waals surface area contributed by atoms with Gasteiger partial charge in [-0.15, -0.1) is 0 Å². The summed E-state index contributed by atoms with van der Waals surface area (Å²) in [5.41, 5.74) is 4.23. The molecule has 2 aliphatic heterocycles. The van der Waals surface area contributed by atoms with Gasteiger partial charge >= 0.3 is 0 Å². The van der Waals surface area contributed by atoms with Crippen molar-refractivity contribution in [2.45, 2.75) is 40.0 Å². The highest BCUT2D eigenvalue weighted by molar-refractivity contribution is 6.35. The molecule has 2 aliphatic rings. The predicted molar refractivity (Wildman–Crippen MR) is 101 cm³/mol. The molecule has 0 saturated carbocycles. The van der Waals surface area contributed by atoms with Crippen molar-refractivity contribution in [3.05, 3.63) is 40.6 Å². The van der Waals surface area contributed by atoms with Crippen molar-refractivity contribution in [3.8, 4) is 0 Å². The number of carbonyl (C=O) groups is 2. The lowest BCUT2D eigenvalue weighted by molar-refractivity contribution is -0.137. The van der Waals surface area contributed by atoms with Gasteiger partial charge in [-0.3, -0.25) is 14.5 Å². The third kappa shape index (κ3) is 3.54. The predicted octanol–water partition coefficient (Wildman–Crippen LogP) is 2.91. The van der Waals surface area contributed by atoms with Crippen LogP contribution in [0.2, 0.25) is 0 Å². The molecule has 0 unspecified atom stereocenters. The number of imide groups is 1. The fourth-order valence-electron chi connectivity index (χ4n) is 3.81. The van der Waals surface area contributed by atoms with E-state index < -0.39 is 0 Å². The van der Waals surface area contributed by atoms with Crippen molar-refractivity contribution in [2.24, 2.45) is 0 Å². The third-order valence-electron chi connectivity index (χ3n) is 5.09. The lowest BCUT2D eigenvalue weighted by Gasteiger charge is -2.20. The smallest absolute Gasteiger partial charge is 0.277 e. The van der Waals surface area contributed by atoms with Crippen molar-refractivity contribution >= 4 is 17.4 Å². The number of benzene rings is 1. The van der Waals surface area contributed by atoms with Crippen molar-refractivity contribution in [2.75, 3.05) is 32.8 Å². The molecule has 1 fully saturated rings. The van der Waals surface area contributed by atoms with E-state index in [1.54, 1.807) is 0 Å². The molecule has 0 bridgehead atoms. The van der Waals surface area contributed by atoms with Gasteiger partial charge in [0.25, 0.3) is 11.8 Å². The van der Waals surface area contributed by atoms with E-state index in [4.69, 9.17) is 4.74 Å². The molecule has 0 aromatic heterocycles. The van der Waals surface area contributed by atoms with Crippen molar-refractivity contribution in [1.29, 1.82) is 0 Å². The highest BCUT2D eigenvalue weighted by atomic mass is 16.5. The summed E-state index contributed by atoms with van der Waals surface area (Å²) in [5, 5.41) is 0. The summed E-state index contributed by atoms with van der Waals surface area (Å²) in [4.78, 5) is 29.8. The molecule has 2 heterocycles. The maximum absolute atomic E-state index is 13.2. The number of nitrogens with zero attached hydrogens (tertiary/aromatic N) is 2. The average molecular weight is 356 g/mol. The van der Waals surface area contributed by atoms with E-state index >= 15 is 0 Å². The lowest BCUT2D eigenvalue weighted by Crippen LogP contribution is -2.35. The van der Waals surface area contributed by atoms with Crippen molar-refractivity contribution in [3.63, 3.8) is 0 Å². The second-order valence-electron chi connectivity index (χ2n) is 7.05. The molecule has 1 aromatic carbocycles. The Morgan fingerprint density at radius 1 is 1.08 bits per heavy atom. The third-order valence-corrected chi connectivity index (χ3v) is 5.09. The summed E-state index contributed by atoms with van der Waals surface area (Å²) in [5.74, 6) is -0.316. The second-order valence-corrected chi connectivity index (χ2v) is 7.05. The molecule has 0 radical (unpaired) electrons. The van der Waals surface area contributed by atoms with E-state index in [2.05, 4.69) is 11.0 Å². The Bertz CT molecular complexity index is 733. The summed E-state index contributed by atoms with van der Waals surface area (Å²) in [6.07, 6.45) is 2.80. The molecule has 3 rings (SSSR count). The Morgan fingerprint density at radius 3 is 2.46 bits per heavy atom. The van der Waals surface area contributed by atoms with Gasteiger partial charge in [0.1, 0.15) is 5.70 Å².